The van der Waals surface area contributed by atoms with Gasteiger partial charge in [-0.2, -0.15) is 0 Å². The van der Waals surface area contributed by atoms with Crippen LogP contribution in [-0.2, 0) is 9.53 Å². The third-order valence-electron chi connectivity index (χ3n) is 5.42. The van der Waals surface area contributed by atoms with E-state index in [9.17, 15) is 4.79 Å². The molecule has 0 spiro atoms. The molecule has 1 aromatic rings. The molecule has 27 heavy (non-hydrogen) atoms. The number of carbonyl (C=O) groups excluding carboxylic acids is 1. The second-order valence-corrected chi connectivity index (χ2v) is 8.22. The number of amides is 1. The van der Waals surface area contributed by atoms with Gasteiger partial charge in [-0.05, 0) is 38.7 Å². The predicted molar refractivity (Wildman–Crippen MR) is 106 cm³/mol. The highest BCUT2D eigenvalue weighted by Gasteiger charge is 2.35. The first kappa shape index (κ1) is 20.0. The Morgan fingerprint density at radius 3 is 2.30 bits per heavy atom. The van der Waals surface area contributed by atoms with Crippen molar-refractivity contribution in [1.29, 1.82) is 0 Å². The summed E-state index contributed by atoms with van der Waals surface area (Å²) in [6, 6.07) is 1.94. The maximum Gasteiger partial charge on any atom is 0.237 e. The van der Waals surface area contributed by atoms with Gasteiger partial charge in [0.2, 0.25) is 11.9 Å². The number of ether oxygens (including phenoxy) is 1. The highest BCUT2D eigenvalue weighted by Crippen LogP contribution is 2.20. The van der Waals surface area contributed by atoms with E-state index in [4.69, 9.17) is 4.74 Å². The average Bonchev–Trinajstić information content (AvgIpc) is 2.62. The van der Waals surface area contributed by atoms with Crippen molar-refractivity contribution < 1.29 is 9.53 Å². The molecule has 0 aromatic carbocycles. The second kappa shape index (κ2) is 8.97. The highest BCUT2D eigenvalue weighted by atomic mass is 16.5. The standard InChI is InChI=1S/C20H33N5O2/c1-14(2)18(25-12-15(3)27-16(4)13-25)19(26)23-17-6-10-24(11-7-17)20-21-8-5-9-22-20/h5,8-9,14-18H,6-7,10-13H2,1-4H3,(H,23,26)/t15-,16-,18+/m1/s1. The third kappa shape index (κ3) is 5.17. The molecule has 2 aliphatic heterocycles. The highest BCUT2D eigenvalue weighted by molar-refractivity contribution is 5.82. The van der Waals surface area contributed by atoms with Crippen molar-refractivity contribution >= 4 is 11.9 Å². The van der Waals surface area contributed by atoms with Crippen molar-refractivity contribution in [2.24, 2.45) is 5.92 Å². The number of aromatic nitrogens is 2. The van der Waals surface area contributed by atoms with Crippen LogP contribution in [0.4, 0.5) is 5.95 Å². The molecule has 0 aliphatic carbocycles. The van der Waals surface area contributed by atoms with E-state index >= 15 is 0 Å². The van der Waals surface area contributed by atoms with Gasteiger partial charge in [-0.15, -0.1) is 0 Å². The predicted octanol–water partition coefficient (Wildman–Crippen LogP) is 1.70. The van der Waals surface area contributed by atoms with Gasteiger partial charge in [-0.1, -0.05) is 13.8 Å². The minimum absolute atomic E-state index is 0.103. The zero-order valence-electron chi connectivity index (χ0n) is 17.0. The fourth-order valence-corrected chi connectivity index (χ4v) is 4.30. The van der Waals surface area contributed by atoms with Gasteiger partial charge in [0.25, 0.3) is 0 Å². The van der Waals surface area contributed by atoms with Gasteiger partial charge in [0, 0.05) is 44.6 Å². The molecule has 1 N–H and O–H groups in total. The Balaban J connectivity index is 1.55. The lowest BCUT2D eigenvalue weighted by atomic mass is 9.98. The summed E-state index contributed by atoms with van der Waals surface area (Å²) < 4.78 is 5.84. The van der Waals surface area contributed by atoms with Crippen molar-refractivity contribution in [3.05, 3.63) is 18.5 Å². The Kier molecular flexibility index (Phi) is 6.65. The molecule has 0 radical (unpaired) electrons. The van der Waals surface area contributed by atoms with E-state index < -0.39 is 0 Å². The number of nitrogens with one attached hydrogen (secondary N) is 1. The van der Waals surface area contributed by atoms with Crippen LogP contribution in [0.1, 0.15) is 40.5 Å². The SMILES string of the molecule is CC(C)[C@@H](C(=O)NC1CCN(c2ncccn2)CC1)N1C[C@@H](C)O[C@H](C)C1. The van der Waals surface area contributed by atoms with Crippen LogP contribution >= 0.6 is 0 Å². The Morgan fingerprint density at radius 2 is 1.74 bits per heavy atom. The molecule has 0 unspecified atom stereocenters. The van der Waals surface area contributed by atoms with E-state index in [1.54, 1.807) is 12.4 Å². The van der Waals surface area contributed by atoms with Crippen LogP contribution in [-0.4, -0.2) is 71.2 Å². The number of hydrogen-bond acceptors (Lipinski definition) is 6. The van der Waals surface area contributed by atoms with Gasteiger partial charge in [0.15, 0.2) is 0 Å². The van der Waals surface area contributed by atoms with Crippen molar-refractivity contribution in [2.45, 2.75) is 64.8 Å². The first-order valence-electron chi connectivity index (χ1n) is 10.2. The molecule has 0 bridgehead atoms. The van der Waals surface area contributed by atoms with Crippen LogP contribution < -0.4 is 10.2 Å². The third-order valence-corrected chi connectivity index (χ3v) is 5.42. The van der Waals surface area contributed by atoms with E-state index in [1.807, 2.05) is 6.07 Å². The molecule has 7 heteroatoms. The monoisotopic (exact) mass is 375 g/mol. The fraction of sp³-hybridized carbons (Fsp3) is 0.750. The molecule has 2 fully saturated rings. The molecule has 2 saturated heterocycles. The summed E-state index contributed by atoms with van der Waals surface area (Å²) >= 11 is 0. The van der Waals surface area contributed by atoms with Crippen LogP contribution in [0.3, 0.4) is 0 Å². The van der Waals surface area contributed by atoms with E-state index in [-0.39, 0.29) is 36.1 Å². The number of nitrogens with zero attached hydrogens (tertiary/aromatic N) is 4. The van der Waals surface area contributed by atoms with Gasteiger partial charge in [0.05, 0.1) is 18.2 Å². The number of piperidine rings is 1. The maximum absolute atomic E-state index is 13.1. The average molecular weight is 376 g/mol. The van der Waals surface area contributed by atoms with Crippen molar-refractivity contribution in [3.8, 4) is 0 Å². The van der Waals surface area contributed by atoms with Gasteiger partial charge in [0.1, 0.15) is 0 Å². The molecule has 7 nitrogen and oxygen atoms in total. The molecule has 3 rings (SSSR count). The molecule has 0 saturated carbocycles. The summed E-state index contributed by atoms with van der Waals surface area (Å²) in [5, 5.41) is 3.31. The van der Waals surface area contributed by atoms with Crippen molar-refractivity contribution in [2.75, 3.05) is 31.1 Å². The fourth-order valence-electron chi connectivity index (χ4n) is 4.30. The van der Waals surface area contributed by atoms with Crippen LogP contribution in [0, 0.1) is 5.92 Å². The Bertz CT molecular complexity index is 594. The Labute approximate surface area is 162 Å². The van der Waals surface area contributed by atoms with E-state index in [1.165, 1.54) is 0 Å². The second-order valence-electron chi connectivity index (χ2n) is 8.22. The van der Waals surface area contributed by atoms with Crippen molar-refractivity contribution in [1.82, 2.24) is 20.2 Å². The molecule has 1 aromatic heterocycles. The number of morpholine rings is 1. The summed E-state index contributed by atoms with van der Waals surface area (Å²) in [6.45, 7) is 11.8. The summed E-state index contributed by atoms with van der Waals surface area (Å²) in [6.07, 6.45) is 5.71. The number of carbonyl (C=O) groups is 1. The molecule has 1 amide bonds. The van der Waals surface area contributed by atoms with Crippen LogP contribution in [0.2, 0.25) is 0 Å². The zero-order valence-corrected chi connectivity index (χ0v) is 17.0. The van der Waals surface area contributed by atoms with E-state index in [0.29, 0.717) is 0 Å². The largest absolute Gasteiger partial charge is 0.373 e. The molecular weight excluding hydrogens is 342 g/mol. The molecule has 150 valence electrons. The number of hydrogen-bond donors (Lipinski definition) is 1. The van der Waals surface area contributed by atoms with Crippen molar-refractivity contribution in [3.63, 3.8) is 0 Å². The van der Waals surface area contributed by atoms with Gasteiger partial charge in [-0.25, -0.2) is 9.97 Å². The van der Waals surface area contributed by atoms with Crippen LogP contribution in [0.15, 0.2) is 18.5 Å². The van der Waals surface area contributed by atoms with Gasteiger partial charge >= 0.3 is 0 Å². The van der Waals surface area contributed by atoms with E-state index in [2.05, 4.69) is 52.8 Å². The first-order valence-corrected chi connectivity index (χ1v) is 10.2. The smallest absolute Gasteiger partial charge is 0.237 e. The first-order chi connectivity index (χ1) is 12.9. The molecular formula is C20H33N5O2. The maximum atomic E-state index is 13.1. The summed E-state index contributed by atoms with van der Waals surface area (Å²) in [7, 11) is 0. The normalized spacial score (nSPS) is 26.2. The van der Waals surface area contributed by atoms with Crippen LogP contribution in [0.25, 0.3) is 0 Å². The van der Waals surface area contributed by atoms with Crippen LogP contribution in [0.5, 0.6) is 0 Å². The Hall–Kier alpha value is -1.73. The lowest BCUT2D eigenvalue weighted by Crippen LogP contribution is -2.58. The minimum Gasteiger partial charge on any atom is -0.373 e. The summed E-state index contributed by atoms with van der Waals surface area (Å²) in [4.78, 5) is 26.2. The summed E-state index contributed by atoms with van der Waals surface area (Å²) in [5.41, 5.74) is 0. The van der Waals surface area contributed by atoms with Gasteiger partial charge < -0.3 is 15.0 Å². The lowest BCUT2D eigenvalue weighted by molar-refractivity contribution is -0.136. The number of rotatable bonds is 5. The zero-order chi connectivity index (χ0) is 19.4. The quantitative estimate of drug-likeness (QED) is 0.845. The van der Waals surface area contributed by atoms with Gasteiger partial charge in [-0.3, -0.25) is 9.69 Å². The molecule has 3 atom stereocenters. The topological polar surface area (TPSA) is 70.6 Å². The Morgan fingerprint density at radius 1 is 1.15 bits per heavy atom. The lowest BCUT2D eigenvalue weighted by Gasteiger charge is -2.41. The molecule has 2 aliphatic rings. The van der Waals surface area contributed by atoms with E-state index in [0.717, 1.165) is 45.0 Å². The molecule has 3 heterocycles. The number of anilines is 1. The summed E-state index contributed by atoms with van der Waals surface area (Å²) in [5.74, 6) is 1.19. The minimum atomic E-state index is -0.103.